The van der Waals surface area contributed by atoms with Crippen molar-refractivity contribution in [3.05, 3.63) is 28.2 Å². The van der Waals surface area contributed by atoms with Crippen LogP contribution in [0.2, 0.25) is 10.0 Å². The molecule has 0 aliphatic heterocycles. The lowest BCUT2D eigenvalue weighted by molar-refractivity contribution is -0.153. The van der Waals surface area contributed by atoms with Crippen LogP contribution >= 0.6 is 35.0 Å². The van der Waals surface area contributed by atoms with Gasteiger partial charge in [-0.15, -0.1) is 15.0 Å². The van der Waals surface area contributed by atoms with Crippen molar-refractivity contribution >= 4 is 52.7 Å². The number of aliphatic carboxylic acids is 1. The predicted molar refractivity (Wildman–Crippen MR) is 109 cm³/mol. The van der Waals surface area contributed by atoms with Crippen molar-refractivity contribution < 1.29 is 24.2 Å². The van der Waals surface area contributed by atoms with Crippen molar-refractivity contribution in [2.24, 2.45) is 5.73 Å². The Morgan fingerprint density at radius 3 is 2.57 bits per heavy atom. The number of hydrogen-bond acceptors (Lipinski definition) is 9. The number of carbonyl (C=O) groups excluding carboxylic acids is 2. The Morgan fingerprint density at radius 2 is 1.97 bits per heavy atom. The number of aromatic nitrogens is 4. The Kier molecular flexibility index (Phi) is 9.03. The van der Waals surface area contributed by atoms with Gasteiger partial charge < -0.3 is 15.6 Å². The summed E-state index contributed by atoms with van der Waals surface area (Å²) < 4.78 is 5.10. The predicted octanol–water partition coefficient (Wildman–Crippen LogP) is 2.39. The van der Waals surface area contributed by atoms with Crippen LogP contribution in [-0.2, 0) is 19.1 Å². The highest BCUT2D eigenvalue weighted by molar-refractivity contribution is 7.99. The smallest absolute Gasteiger partial charge is 0.340 e. The largest absolute Gasteiger partial charge is 0.481 e. The minimum absolute atomic E-state index is 0.0657. The molecule has 3 N–H and O–H groups in total. The van der Waals surface area contributed by atoms with Crippen LogP contribution < -0.4 is 5.73 Å². The first-order valence-electron chi connectivity index (χ1n) is 8.83. The van der Waals surface area contributed by atoms with Gasteiger partial charge in [-0.25, -0.2) is 4.79 Å². The SMILES string of the molecule is CCCCOC(=O)C(C(=O)C(N)CC(=O)O)n1nnc(Sc2c(Cl)cccc2Cl)n1. The van der Waals surface area contributed by atoms with Gasteiger partial charge in [0.2, 0.25) is 11.2 Å². The molecule has 162 valence electrons. The zero-order chi connectivity index (χ0) is 22.3. The Hall–Kier alpha value is -2.21. The number of rotatable bonds is 11. The lowest BCUT2D eigenvalue weighted by atomic mass is 10.0. The fourth-order valence-corrected chi connectivity index (χ4v) is 3.59. The normalized spacial score (nSPS) is 12.9. The second-order valence-electron chi connectivity index (χ2n) is 6.08. The number of ether oxygens (including phenoxy) is 1. The maximum atomic E-state index is 12.7. The minimum Gasteiger partial charge on any atom is -0.481 e. The third kappa shape index (κ3) is 6.39. The molecule has 0 saturated carbocycles. The van der Waals surface area contributed by atoms with Crippen molar-refractivity contribution in [1.82, 2.24) is 20.2 Å². The molecule has 30 heavy (non-hydrogen) atoms. The number of esters is 1. The van der Waals surface area contributed by atoms with E-state index in [1.807, 2.05) is 6.92 Å². The van der Waals surface area contributed by atoms with Gasteiger partial charge in [0, 0.05) is 0 Å². The molecule has 0 spiro atoms. The molecule has 1 aromatic carbocycles. The Morgan fingerprint density at radius 1 is 1.30 bits per heavy atom. The Bertz CT molecular complexity index is 905. The summed E-state index contributed by atoms with van der Waals surface area (Å²) in [5.41, 5.74) is 5.65. The maximum absolute atomic E-state index is 12.7. The molecule has 0 aliphatic rings. The topological polar surface area (TPSA) is 150 Å². The number of ketones is 1. The molecule has 0 fully saturated rings. The molecule has 13 heteroatoms. The van der Waals surface area contributed by atoms with Crippen LogP contribution in [0.15, 0.2) is 28.3 Å². The Balaban J connectivity index is 2.28. The summed E-state index contributed by atoms with van der Waals surface area (Å²) in [6.45, 7) is 1.99. The number of carboxylic acids is 1. The number of benzene rings is 1. The third-order valence-corrected chi connectivity index (χ3v) is 5.59. The monoisotopic (exact) mass is 475 g/mol. The molecule has 2 atom stereocenters. The van der Waals surface area contributed by atoms with Crippen LogP contribution in [-0.4, -0.2) is 55.7 Å². The molecule has 2 rings (SSSR count). The first-order chi connectivity index (χ1) is 14.2. The van der Waals surface area contributed by atoms with Crippen LogP contribution in [0.5, 0.6) is 0 Å². The first-order valence-corrected chi connectivity index (χ1v) is 10.4. The summed E-state index contributed by atoms with van der Waals surface area (Å²) in [4.78, 5) is 37.3. The lowest BCUT2D eigenvalue weighted by Gasteiger charge is -2.16. The number of halogens is 2. The van der Waals surface area contributed by atoms with Gasteiger partial charge in [-0.3, -0.25) is 9.59 Å². The zero-order valence-corrected chi connectivity index (χ0v) is 18.2. The van der Waals surface area contributed by atoms with E-state index in [0.717, 1.165) is 23.0 Å². The van der Waals surface area contributed by atoms with Crippen LogP contribution in [0, 0.1) is 0 Å². The highest BCUT2D eigenvalue weighted by atomic mass is 35.5. The summed E-state index contributed by atoms with van der Waals surface area (Å²) in [6.07, 6.45) is 0.694. The molecule has 1 heterocycles. The van der Waals surface area contributed by atoms with Gasteiger partial charge in [0.1, 0.15) is 0 Å². The molecule has 0 saturated heterocycles. The number of nitrogens with two attached hydrogens (primary N) is 1. The van der Waals surface area contributed by atoms with E-state index in [1.165, 1.54) is 0 Å². The van der Waals surface area contributed by atoms with E-state index in [-0.39, 0.29) is 11.8 Å². The average molecular weight is 476 g/mol. The summed E-state index contributed by atoms with van der Waals surface area (Å²) >= 11 is 13.2. The van der Waals surface area contributed by atoms with Gasteiger partial charge in [0.05, 0.1) is 34.0 Å². The highest BCUT2D eigenvalue weighted by Gasteiger charge is 2.37. The summed E-state index contributed by atoms with van der Waals surface area (Å²) in [5.74, 6) is -3.13. The van der Waals surface area contributed by atoms with Gasteiger partial charge >= 0.3 is 11.9 Å². The van der Waals surface area contributed by atoms with E-state index >= 15 is 0 Å². The van der Waals surface area contributed by atoms with Crippen molar-refractivity contribution in [2.75, 3.05) is 6.61 Å². The molecule has 0 bridgehead atoms. The number of carboxylic acid groups (broad SMARTS) is 1. The third-order valence-electron chi connectivity index (χ3n) is 3.75. The van der Waals surface area contributed by atoms with Crippen molar-refractivity contribution in [2.45, 2.75) is 48.3 Å². The highest BCUT2D eigenvalue weighted by Crippen LogP contribution is 2.36. The average Bonchev–Trinajstić information content (AvgIpc) is 3.12. The zero-order valence-electron chi connectivity index (χ0n) is 15.8. The summed E-state index contributed by atoms with van der Waals surface area (Å²) in [7, 11) is 0. The number of carbonyl (C=O) groups is 3. The van der Waals surface area contributed by atoms with Crippen LogP contribution in [0.4, 0.5) is 0 Å². The van der Waals surface area contributed by atoms with Gasteiger partial charge in [-0.05, 0) is 35.5 Å². The van der Waals surface area contributed by atoms with Gasteiger partial charge in [-0.1, -0.05) is 42.6 Å². The Labute approximate surface area is 186 Å². The van der Waals surface area contributed by atoms with E-state index in [9.17, 15) is 14.4 Å². The lowest BCUT2D eigenvalue weighted by Crippen LogP contribution is -2.43. The summed E-state index contributed by atoms with van der Waals surface area (Å²) in [6, 6.07) is 1.81. The molecule has 0 radical (unpaired) electrons. The fourth-order valence-electron chi connectivity index (χ4n) is 2.25. The van der Waals surface area contributed by atoms with Crippen molar-refractivity contribution in [3.8, 4) is 0 Å². The number of nitrogens with zero attached hydrogens (tertiary/aromatic N) is 4. The van der Waals surface area contributed by atoms with E-state index < -0.39 is 36.2 Å². The molecule has 0 amide bonds. The maximum Gasteiger partial charge on any atom is 0.340 e. The number of tetrazole rings is 1. The van der Waals surface area contributed by atoms with E-state index in [4.69, 9.17) is 38.8 Å². The second-order valence-corrected chi connectivity index (χ2v) is 7.87. The molecular weight excluding hydrogens is 457 g/mol. The van der Waals surface area contributed by atoms with E-state index in [1.54, 1.807) is 18.2 Å². The molecule has 1 aromatic heterocycles. The quantitative estimate of drug-likeness (QED) is 0.281. The minimum atomic E-state index is -1.67. The fraction of sp³-hybridized carbons (Fsp3) is 0.412. The number of unbranched alkanes of at least 4 members (excludes halogenated alkanes) is 1. The van der Waals surface area contributed by atoms with Gasteiger partial charge in [-0.2, -0.15) is 0 Å². The van der Waals surface area contributed by atoms with Crippen LogP contribution in [0.1, 0.15) is 32.2 Å². The van der Waals surface area contributed by atoms with E-state index in [2.05, 4.69) is 15.4 Å². The van der Waals surface area contributed by atoms with Crippen molar-refractivity contribution in [3.63, 3.8) is 0 Å². The first kappa shape index (κ1) is 24.1. The van der Waals surface area contributed by atoms with E-state index in [0.29, 0.717) is 21.4 Å². The number of hydrogen-bond donors (Lipinski definition) is 2. The second kappa shape index (κ2) is 11.3. The molecule has 10 nitrogen and oxygen atoms in total. The van der Waals surface area contributed by atoms with Crippen molar-refractivity contribution in [1.29, 1.82) is 0 Å². The summed E-state index contributed by atoms with van der Waals surface area (Å²) in [5, 5.41) is 21.3. The van der Waals surface area contributed by atoms with Gasteiger partial charge in [0.15, 0.2) is 5.78 Å². The molecular formula is C17H19Cl2N5O5S. The molecule has 0 aliphatic carbocycles. The van der Waals surface area contributed by atoms with Crippen LogP contribution in [0.25, 0.3) is 0 Å². The number of Topliss-reactive ketones (excluding diaryl/α,β-unsaturated/α-hetero) is 1. The van der Waals surface area contributed by atoms with Crippen LogP contribution in [0.3, 0.4) is 0 Å². The molecule has 2 aromatic rings. The standard InChI is InChI=1S/C17H19Cl2N5O5S/c1-2-3-7-29-16(28)13(14(27)11(20)8-12(25)26)24-22-17(21-23-24)30-15-9(18)5-4-6-10(15)19/h4-6,11,13H,2-3,7-8,20H2,1H3,(H,25,26). The molecule has 2 unspecified atom stereocenters. The van der Waals surface area contributed by atoms with Gasteiger partial charge in [0.25, 0.3) is 0 Å².